The molecular weight excluding hydrogens is 580 g/mol. The fraction of sp³-hybridized carbons (Fsp3) is 0.447. The predicted molar refractivity (Wildman–Crippen MR) is 181 cm³/mol. The second-order valence-corrected chi connectivity index (χ2v) is 18.1. The number of rotatable bonds is 12. The van der Waals surface area contributed by atoms with E-state index in [1.807, 2.05) is 36.4 Å². The number of hydrogen-bond acceptors (Lipinski definition) is 6. The Morgan fingerprint density at radius 1 is 0.978 bits per heavy atom. The normalized spacial score (nSPS) is 24.6. The number of benzene rings is 2. The lowest BCUT2D eigenvalue weighted by Crippen LogP contribution is -2.73. The van der Waals surface area contributed by atoms with Crippen LogP contribution in [0.15, 0.2) is 97.3 Å². The molecule has 4 rings (SSSR count). The fourth-order valence-corrected chi connectivity index (χ4v) is 12.6. The lowest BCUT2D eigenvalue weighted by atomic mass is 9.41. The molecule has 2 aromatic carbocycles. The van der Waals surface area contributed by atoms with Crippen molar-refractivity contribution in [3.8, 4) is 0 Å². The fourth-order valence-electron chi connectivity index (χ4n) is 8.04. The molecular formula is C38H48O6Si. The molecule has 0 spiro atoms. The van der Waals surface area contributed by atoms with E-state index in [1.54, 1.807) is 40.0 Å². The van der Waals surface area contributed by atoms with Crippen molar-refractivity contribution in [2.24, 2.45) is 22.2 Å². The van der Waals surface area contributed by atoms with Gasteiger partial charge in [0, 0.05) is 5.41 Å². The Kier molecular flexibility index (Phi) is 9.67. The molecule has 2 aromatic rings. The van der Waals surface area contributed by atoms with E-state index in [0.29, 0.717) is 12.2 Å². The van der Waals surface area contributed by atoms with Crippen molar-refractivity contribution in [2.75, 3.05) is 20.3 Å². The summed E-state index contributed by atoms with van der Waals surface area (Å²) in [5.41, 5.74) is -3.46. The Bertz CT molecular complexity index is 1450. The Morgan fingerprint density at radius 3 is 1.98 bits per heavy atom. The summed E-state index contributed by atoms with van der Waals surface area (Å²) >= 11 is 0. The van der Waals surface area contributed by atoms with Crippen molar-refractivity contribution in [2.45, 2.75) is 65.8 Å². The van der Waals surface area contributed by atoms with Gasteiger partial charge < -0.3 is 13.9 Å². The minimum Gasteiger partial charge on any atom is -0.500 e. The molecule has 0 aliphatic heterocycles. The van der Waals surface area contributed by atoms with Gasteiger partial charge in [0.1, 0.15) is 17.1 Å². The van der Waals surface area contributed by atoms with E-state index < -0.39 is 36.4 Å². The van der Waals surface area contributed by atoms with E-state index >= 15 is 4.79 Å². The maximum absolute atomic E-state index is 15.5. The number of methoxy groups -OCH3 is 1. The van der Waals surface area contributed by atoms with Crippen molar-refractivity contribution in [1.29, 1.82) is 0 Å². The molecule has 3 atom stereocenters. The van der Waals surface area contributed by atoms with Crippen molar-refractivity contribution < 1.29 is 28.3 Å². The van der Waals surface area contributed by atoms with Gasteiger partial charge in [0.15, 0.2) is 11.6 Å². The number of ketones is 2. The van der Waals surface area contributed by atoms with E-state index in [4.69, 9.17) is 13.9 Å². The zero-order valence-corrected chi connectivity index (χ0v) is 28.9. The Morgan fingerprint density at radius 2 is 1.53 bits per heavy atom. The van der Waals surface area contributed by atoms with E-state index in [-0.39, 0.29) is 42.7 Å². The number of Topliss-reactive ketones (excluding diaryl/α,β-unsaturated/α-hetero) is 2. The zero-order chi connectivity index (χ0) is 33.3. The van der Waals surface area contributed by atoms with Gasteiger partial charge in [-0.05, 0) is 47.2 Å². The number of fused-ring (bicyclic) bond motifs is 2. The van der Waals surface area contributed by atoms with Crippen molar-refractivity contribution in [1.82, 2.24) is 0 Å². The van der Waals surface area contributed by atoms with Crippen LogP contribution < -0.4 is 10.4 Å². The molecule has 0 amide bonds. The van der Waals surface area contributed by atoms with Crippen LogP contribution in [0.1, 0.15) is 60.8 Å². The van der Waals surface area contributed by atoms with Gasteiger partial charge in [0.2, 0.25) is 0 Å². The molecule has 2 aliphatic carbocycles. The van der Waals surface area contributed by atoms with Gasteiger partial charge in [-0.2, -0.15) is 0 Å². The van der Waals surface area contributed by atoms with Gasteiger partial charge in [-0.15, -0.1) is 13.2 Å². The highest BCUT2D eigenvalue weighted by Gasteiger charge is 2.75. The number of carbonyl (C=O) groups is 3. The highest BCUT2D eigenvalue weighted by molar-refractivity contribution is 6.99. The van der Waals surface area contributed by atoms with Crippen LogP contribution in [0.4, 0.5) is 0 Å². The SMILES string of the molecule is C=CCC1=C(OC)[C@@]2(CO[Si](c3ccccc3)(c3ccccc3)C(C)(C)C)C(=O)[C@@](CC=C)(C1)C(C(=O)OCC)C(=O)C2(C)C. The summed E-state index contributed by atoms with van der Waals surface area (Å²) in [6.07, 6.45) is 4.13. The Balaban J connectivity index is 2.07. The second-order valence-electron chi connectivity index (χ2n) is 13.8. The van der Waals surface area contributed by atoms with Crippen LogP contribution in [0.3, 0.4) is 0 Å². The molecule has 0 N–H and O–H groups in total. The van der Waals surface area contributed by atoms with Crippen LogP contribution in [-0.2, 0) is 28.3 Å². The van der Waals surface area contributed by atoms with E-state index in [1.165, 1.54) is 0 Å². The highest BCUT2D eigenvalue weighted by atomic mass is 28.4. The first kappa shape index (κ1) is 34.3. The van der Waals surface area contributed by atoms with Crippen LogP contribution in [0.25, 0.3) is 0 Å². The van der Waals surface area contributed by atoms with Crippen molar-refractivity contribution in [3.05, 3.63) is 97.3 Å². The molecule has 0 radical (unpaired) electrons. The number of esters is 1. The van der Waals surface area contributed by atoms with Gasteiger partial charge in [0.05, 0.1) is 25.7 Å². The Hall–Kier alpha value is -3.55. The van der Waals surface area contributed by atoms with Gasteiger partial charge in [-0.1, -0.05) is 107 Å². The van der Waals surface area contributed by atoms with Crippen LogP contribution >= 0.6 is 0 Å². The number of carbonyl (C=O) groups excluding carboxylic acids is 3. The van der Waals surface area contributed by atoms with E-state index in [2.05, 4.69) is 58.2 Å². The maximum Gasteiger partial charge on any atom is 0.317 e. The first-order valence-corrected chi connectivity index (χ1v) is 17.7. The lowest BCUT2D eigenvalue weighted by molar-refractivity contribution is -0.187. The largest absolute Gasteiger partial charge is 0.500 e. The van der Waals surface area contributed by atoms with Gasteiger partial charge in [-0.25, -0.2) is 0 Å². The van der Waals surface area contributed by atoms with Gasteiger partial charge >= 0.3 is 5.97 Å². The monoisotopic (exact) mass is 628 g/mol. The van der Waals surface area contributed by atoms with Crippen LogP contribution in [0, 0.1) is 22.2 Å². The summed E-state index contributed by atoms with van der Waals surface area (Å²) in [7, 11) is -1.61. The highest BCUT2D eigenvalue weighted by Crippen LogP contribution is 2.65. The molecule has 2 bridgehead atoms. The standard InChI is InChI=1S/C38H48O6Si/c1-10-19-27-25-37(24-11-2)30(33(40)43-12-3)31(39)36(7,8)38(34(37)41,32(27)42-9)26-44-45(35(4,5)6,28-20-15-13-16-21-28)29-22-17-14-18-23-29/h10-11,13-18,20-23,30H,1-2,12,19,24-26H2,3-9H3/t30?,37-,38-/m0/s1. The minimum atomic E-state index is -3.16. The Labute approximate surface area is 269 Å². The third-order valence-corrected chi connectivity index (χ3v) is 15.1. The molecule has 7 heteroatoms. The molecule has 1 saturated carbocycles. The van der Waals surface area contributed by atoms with Crippen molar-refractivity contribution >= 4 is 36.2 Å². The van der Waals surface area contributed by atoms with E-state index in [9.17, 15) is 9.59 Å². The molecule has 45 heavy (non-hydrogen) atoms. The summed E-state index contributed by atoms with van der Waals surface area (Å²) in [4.78, 5) is 43.9. The third-order valence-electron chi connectivity index (χ3n) is 10.1. The van der Waals surface area contributed by atoms with Gasteiger partial charge in [-0.3, -0.25) is 14.4 Å². The van der Waals surface area contributed by atoms with E-state index in [0.717, 1.165) is 15.9 Å². The predicted octanol–water partition coefficient (Wildman–Crippen LogP) is 6.35. The average Bonchev–Trinajstić information content (AvgIpc) is 3.00. The molecule has 2 aliphatic rings. The van der Waals surface area contributed by atoms with Gasteiger partial charge in [0.25, 0.3) is 8.32 Å². The maximum atomic E-state index is 15.5. The summed E-state index contributed by atoms with van der Waals surface area (Å²) in [6.45, 7) is 19.7. The molecule has 0 aromatic heterocycles. The van der Waals surface area contributed by atoms with Crippen LogP contribution in [-0.4, -0.2) is 46.2 Å². The number of hydrogen-bond donors (Lipinski definition) is 0. The molecule has 0 saturated heterocycles. The molecule has 1 unspecified atom stereocenters. The quantitative estimate of drug-likeness (QED) is 0.118. The lowest BCUT2D eigenvalue weighted by Gasteiger charge is -2.60. The molecule has 0 heterocycles. The minimum absolute atomic E-state index is 0.0994. The number of ether oxygens (including phenoxy) is 2. The topological polar surface area (TPSA) is 78.9 Å². The second kappa shape index (κ2) is 12.7. The van der Waals surface area contributed by atoms with Crippen LogP contribution in [0.5, 0.6) is 0 Å². The van der Waals surface area contributed by atoms with Crippen molar-refractivity contribution in [3.63, 3.8) is 0 Å². The third kappa shape index (κ3) is 5.08. The summed E-state index contributed by atoms with van der Waals surface area (Å²) in [6, 6.07) is 20.4. The summed E-state index contributed by atoms with van der Waals surface area (Å²) in [5, 5.41) is 1.73. The smallest absolute Gasteiger partial charge is 0.317 e. The average molecular weight is 629 g/mol. The number of allylic oxidation sites excluding steroid dienone is 3. The molecule has 1 fully saturated rings. The first-order valence-electron chi connectivity index (χ1n) is 15.8. The first-order chi connectivity index (χ1) is 21.3. The molecule has 240 valence electrons. The summed E-state index contributed by atoms with van der Waals surface area (Å²) < 4.78 is 19.1. The summed E-state index contributed by atoms with van der Waals surface area (Å²) in [5.74, 6) is -2.10. The zero-order valence-electron chi connectivity index (χ0n) is 27.9. The molecule has 6 nitrogen and oxygen atoms in total. The van der Waals surface area contributed by atoms with Crippen LogP contribution in [0.2, 0.25) is 5.04 Å².